The Balaban J connectivity index is 2.94. The van der Waals surface area contributed by atoms with E-state index in [1.807, 2.05) is 18.2 Å². The van der Waals surface area contributed by atoms with E-state index in [1.54, 1.807) is 0 Å². The lowest BCUT2D eigenvalue weighted by molar-refractivity contribution is 0.185. The van der Waals surface area contributed by atoms with E-state index in [9.17, 15) is 0 Å². The van der Waals surface area contributed by atoms with Gasteiger partial charge < -0.3 is 5.73 Å². The van der Waals surface area contributed by atoms with Crippen LogP contribution in [0, 0.1) is 0 Å². The van der Waals surface area contributed by atoms with Crippen LogP contribution in [-0.2, 0) is 0 Å². The van der Waals surface area contributed by atoms with E-state index in [2.05, 4.69) is 31.9 Å². The van der Waals surface area contributed by atoms with E-state index in [1.165, 1.54) is 0 Å². The second-order valence-electron chi connectivity index (χ2n) is 4.20. The van der Waals surface area contributed by atoms with Crippen LogP contribution in [-0.4, -0.2) is 24.5 Å². The molecule has 0 aromatic heterocycles. The fraction of sp³-hybridized carbons (Fsp3) is 0.538. The van der Waals surface area contributed by atoms with E-state index < -0.39 is 0 Å². The van der Waals surface area contributed by atoms with Gasteiger partial charge in [0.1, 0.15) is 0 Å². The average Bonchev–Trinajstić information content (AvgIpc) is 2.31. The van der Waals surface area contributed by atoms with Crippen LogP contribution in [0.1, 0.15) is 31.9 Å². The van der Waals surface area contributed by atoms with Gasteiger partial charge in [0.15, 0.2) is 0 Å². The van der Waals surface area contributed by atoms with Gasteiger partial charge >= 0.3 is 0 Å². The molecule has 0 aliphatic rings. The van der Waals surface area contributed by atoms with Crippen LogP contribution >= 0.6 is 11.6 Å². The van der Waals surface area contributed by atoms with E-state index in [-0.39, 0.29) is 6.04 Å². The summed E-state index contributed by atoms with van der Waals surface area (Å²) < 4.78 is 0. The van der Waals surface area contributed by atoms with Gasteiger partial charge in [0, 0.05) is 23.7 Å². The molecule has 3 heteroatoms. The van der Waals surface area contributed by atoms with Crippen LogP contribution < -0.4 is 5.73 Å². The lowest BCUT2D eigenvalue weighted by Gasteiger charge is -2.32. The fourth-order valence-electron chi connectivity index (χ4n) is 1.85. The first kappa shape index (κ1) is 13.5. The molecule has 1 rings (SSSR count). The zero-order valence-electron chi connectivity index (χ0n) is 10.3. The first-order valence-corrected chi connectivity index (χ1v) is 6.16. The Morgan fingerprint density at radius 1 is 1.38 bits per heavy atom. The maximum Gasteiger partial charge on any atom is 0.0484 e. The molecule has 0 bridgehead atoms. The summed E-state index contributed by atoms with van der Waals surface area (Å²) in [7, 11) is 2.11. The Labute approximate surface area is 103 Å². The minimum atomic E-state index is 0.198. The molecule has 90 valence electrons. The molecule has 0 aliphatic carbocycles. The maximum atomic E-state index is 6.21. The lowest BCUT2D eigenvalue weighted by Crippen LogP contribution is -2.36. The minimum absolute atomic E-state index is 0.198. The van der Waals surface area contributed by atoms with Crippen LogP contribution in [0.3, 0.4) is 0 Å². The molecule has 16 heavy (non-hydrogen) atoms. The molecule has 2 N–H and O–H groups in total. The van der Waals surface area contributed by atoms with Crippen LogP contribution in [0.25, 0.3) is 0 Å². The predicted molar refractivity (Wildman–Crippen MR) is 70.8 cm³/mol. The number of likely N-dealkylation sites (N-methyl/N-ethyl adjacent to an activating group) is 1. The van der Waals surface area contributed by atoms with E-state index in [4.69, 9.17) is 17.3 Å². The molecule has 2 unspecified atom stereocenters. The van der Waals surface area contributed by atoms with Gasteiger partial charge in [-0.1, -0.05) is 36.7 Å². The van der Waals surface area contributed by atoms with Gasteiger partial charge in [0.2, 0.25) is 0 Å². The number of benzene rings is 1. The third-order valence-electron chi connectivity index (χ3n) is 3.27. The highest BCUT2D eigenvalue weighted by Gasteiger charge is 2.20. The molecular weight excluding hydrogens is 220 g/mol. The van der Waals surface area contributed by atoms with Crippen LogP contribution in [0.2, 0.25) is 5.02 Å². The van der Waals surface area contributed by atoms with Gasteiger partial charge in [-0.25, -0.2) is 0 Å². The molecule has 0 heterocycles. The quantitative estimate of drug-likeness (QED) is 0.857. The molecule has 0 saturated heterocycles. The molecule has 0 radical (unpaired) electrons. The molecule has 0 aliphatic heterocycles. The highest BCUT2D eigenvalue weighted by atomic mass is 35.5. The van der Waals surface area contributed by atoms with Crippen molar-refractivity contribution in [2.24, 2.45) is 5.73 Å². The van der Waals surface area contributed by atoms with Crippen LogP contribution in [0.15, 0.2) is 24.3 Å². The summed E-state index contributed by atoms with van der Waals surface area (Å²) >= 11 is 6.21. The predicted octanol–water partition coefficient (Wildman–Crippen LogP) is 3.07. The first-order chi connectivity index (χ1) is 7.61. The van der Waals surface area contributed by atoms with Crippen molar-refractivity contribution in [3.05, 3.63) is 34.9 Å². The van der Waals surface area contributed by atoms with Gasteiger partial charge in [-0.15, -0.1) is 0 Å². The number of halogens is 1. The normalized spacial score (nSPS) is 15.1. The maximum absolute atomic E-state index is 6.21. The SMILES string of the molecule is CCC(C)N(C)C(CN)c1ccccc1Cl. The Hall–Kier alpha value is -0.570. The fourth-order valence-corrected chi connectivity index (χ4v) is 2.11. The van der Waals surface area contributed by atoms with Crippen molar-refractivity contribution in [3.63, 3.8) is 0 Å². The standard InChI is InChI=1S/C13H21ClN2/c1-4-10(2)16(3)13(9-15)11-7-5-6-8-12(11)14/h5-8,10,13H,4,9,15H2,1-3H3. The first-order valence-electron chi connectivity index (χ1n) is 5.78. The summed E-state index contributed by atoms with van der Waals surface area (Å²) in [5, 5.41) is 0.799. The summed E-state index contributed by atoms with van der Waals surface area (Å²) in [4.78, 5) is 2.29. The largest absolute Gasteiger partial charge is 0.329 e. The van der Waals surface area contributed by atoms with Crippen LogP contribution in [0.4, 0.5) is 0 Å². The van der Waals surface area contributed by atoms with Gasteiger partial charge in [-0.2, -0.15) is 0 Å². The summed E-state index contributed by atoms with van der Waals surface area (Å²) in [6.45, 7) is 4.98. The monoisotopic (exact) mass is 240 g/mol. The Morgan fingerprint density at radius 2 is 2.00 bits per heavy atom. The van der Waals surface area contributed by atoms with Crippen molar-refractivity contribution >= 4 is 11.6 Å². The van der Waals surface area contributed by atoms with E-state index >= 15 is 0 Å². The van der Waals surface area contributed by atoms with Gasteiger partial charge in [0.05, 0.1) is 0 Å². The van der Waals surface area contributed by atoms with E-state index in [0.29, 0.717) is 12.6 Å². The molecule has 2 nitrogen and oxygen atoms in total. The summed E-state index contributed by atoms with van der Waals surface area (Å²) in [6, 6.07) is 8.63. The number of rotatable bonds is 5. The Kier molecular flexibility index (Phi) is 5.26. The second-order valence-corrected chi connectivity index (χ2v) is 4.60. The van der Waals surface area contributed by atoms with Gasteiger partial charge in [-0.05, 0) is 32.0 Å². The van der Waals surface area contributed by atoms with Crippen molar-refractivity contribution in [1.29, 1.82) is 0 Å². The van der Waals surface area contributed by atoms with Crippen LogP contribution in [0.5, 0.6) is 0 Å². The third-order valence-corrected chi connectivity index (χ3v) is 3.61. The number of hydrogen-bond donors (Lipinski definition) is 1. The highest BCUT2D eigenvalue weighted by molar-refractivity contribution is 6.31. The molecular formula is C13H21ClN2. The van der Waals surface area contributed by atoms with Crippen molar-refractivity contribution in [2.45, 2.75) is 32.4 Å². The zero-order valence-corrected chi connectivity index (χ0v) is 11.0. The van der Waals surface area contributed by atoms with Crippen molar-refractivity contribution < 1.29 is 0 Å². The molecule has 2 atom stereocenters. The van der Waals surface area contributed by atoms with Crippen molar-refractivity contribution in [2.75, 3.05) is 13.6 Å². The minimum Gasteiger partial charge on any atom is -0.329 e. The Morgan fingerprint density at radius 3 is 2.50 bits per heavy atom. The highest BCUT2D eigenvalue weighted by Crippen LogP contribution is 2.27. The number of hydrogen-bond acceptors (Lipinski definition) is 2. The molecule has 0 fully saturated rings. The topological polar surface area (TPSA) is 29.3 Å². The summed E-state index contributed by atoms with van der Waals surface area (Å²) in [6.07, 6.45) is 1.11. The molecule has 0 saturated carbocycles. The molecule has 1 aromatic carbocycles. The second kappa shape index (κ2) is 6.24. The number of nitrogens with two attached hydrogens (primary N) is 1. The summed E-state index contributed by atoms with van der Waals surface area (Å²) in [5.74, 6) is 0. The van der Waals surface area contributed by atoms with Gasteiger partial charge in [-0.3, -0.25) is 4.90 Å². The Bertz CT molecular complexity index is 327. The smallest absolute Gasteiger partial charge is 0.0484 e. The average molecular weight is 241 g/mol. The van der Waals surface area contributed by atoms with Crippen molar-refractivity contribution in [1.82, 2.24) is 4.90 Å². The van der Waals surface area contributed by atoms with E-state index in [0.717, 1.165) is 17.0 Å². The molecule has 0 amide bonds. The summed E-state index contributed by atoms with van der Waals surface area (Å²) in [5.41, 5.74) is 6.99. The third kappa shape index (κ3) is 2.97. The number of nitrogens with zero attached hydrogens (tertiary/aromatic N) is 1. The van der Waals surface area contributed by atoms with Crippen molar-refractivity contribution in [3.8, 4) is 0 Å². The lowest BCUT2D eigenvalue weighted by atomic mass is 10.0. The van der Waals surface area contributed by atoms with Gasteiger partial charge in [0.25, 0.3) is 0 Å². The zero-order chi connectivity index (χ0) is 12.1. The molecule has 1 aromatic rings. The molecule has 0 spiro atoms.